The normalized spacial score (nSPS) is 15.3. The molecular formula is C26H21ClN4O4. The van der Waals surface area contributed by atoms with Crippen LogP contribution < -0.4 is 15.0 Å². The summed E-state index contributed by atoms with van der Waals surface area (Å²) >= 11 is 6.03. The summed E-state index contributed by atoms with van der Waals surface area (Å²) in [6.45, 7) is 0.427. The third-order valence-electron chi connectivity index (χ3n) is 5.59. The summed E-state index contributed by atoms with van der Waals surface area (Å²) in [4.78, 5) is 26.8. The van der Waals surface area contributed by atoms with E-state index >= 15 is 0 Å². The summed E-state index contributed by atoms with van der Waals surface area (Å²) in [7, 11) is 0. The topological polar surface area (TPSA) is 97.6 Å². The van der Waals surface area contributed by atoms with Gasteiger partial charge in [0, 0.05) is 34.9 Å². The largest absolute Gasteiger partial charge is 0.484 e. The van der Waals surface area contributed by atoms with Crippen molar-refractivity contribution in [1.82, 2.24) is 10.2 Å². The van der Waals surface area contributed by atoms with Crippen molar-refractivity contribution in [3.8, 4) is 17.2 Å². The van der Waals surface area contributed by atoms with E-state index in [1.54, 1.807) is 53.4 Å². The van der Waals surface area contributed by atoms with Crippen LogP contribution in [0.1, 0.15) is 12.3 Å². The molecule has 176 valence electrons. The Morgan fingerprint density at radius 1 is 1.06 bits per heavy atom. The van der Waals surface area contributed by atoms with Crippen molar-refractivity contribution < 1.29 is 18.7 Å². The van der Waals surface area contributed by atoms with Crippen molar-refractivity contribution in [2.45, 2.75) is 13.0 Å². The fourth-order valence-corrected chi connectivity index (χ4v) is 3.99. The van der Waals surface area contributed by atoms with Gasteiger partial charge >= 0.3 is 0 Å². The highest BCUT2D eigenvalue weighted by Gasteiger charge is 2.35. The van der Waals surface area contributed by atoms with Crippen LogP contribution in [0.5, 0.6) is 5.75 Å². The van der Waals surface area contributed by atoms with Gasteiger partial charge in [-0.25, -0.2) is 0 Å². The van der Waals surface area contributed by atoms with E-state index in [2.05, 4.69) is 15.5 Å². The summed E-state index contributed by atoms with van der Waals surface area (Å²) in [6.07, 6.45) is 0.148. The molecule has 0 radical (unpaired) electrons. The number of carbonyl (C=O) groups excluding carboxylic acids is 2. The second-order valence-electron chi connectivity index (χ2n) is 8.05. The molecule has 35 heavy (non-hydrogen) atoms. The average molecular weight is 489 g/mol. The monoisotopic (exact) mass is 488 g/mol. The van der Waals surface area contributed by atoms with E-state index in [1.165, 1.54) is 0 Å². The standard InChI is InChI=1S/C26H21ClN4O4/c27-19-7-4-8-21(14-19)31-15-18(13-24(31)32)25(33)28-20-9-11-22(12-10-20)34-16-23-29-30-26(35-23)17-5-2-1-3-6-17/h1-12,14,18H,13,15-16H2,(H,28,33)/t18-/m0/s1. The van der Waals surface area contributed by atoms with Crippen LogP contribution in [0, 0.1) is 5.92 Å². The lowest BCUT2D eigenvalue weighted by atomic mass is 10.1. The molecular weight excluding hydrogens is 468 g/mol. The van der Waals surface area contributed by atoms with Crippen LogP contribution in [0.2, 0.25) is 5.02 Å². The SMILES string of the molecule is O=C(Nc1ccc(OCc2nnc(-c3ccccc3)o2)cc1)[C@H]1CC(=O)N(c2cccc(Cl)c2)C1. The Bertz CT molecular complexity index is 1340. The lowest BCUT2D eigenvalue weighted by Crippen LogP contribution is -2.28. The van der Waals surface area contributed by atoms with E-state index < -0.39 is 5.92 Å². The fraction of sp³-hybridized carbons (Fsp3) is 0.154. The molecule has 0 saturated carbocycles. The molecule has 1 aromatic heterocycles. The van der Waals surface area contributed by atoms with Crippen molar-refractivity contribution in [3.05, 3.63) is 89.8 Å². The number of nitrogens with zero attached hydrogens (tertiary/aromatic N) is 3. The summed E-state index contributed by atoms with van der Waals surface area (Å²) in [5.74, 6) is 0.612. The maximum absolute atomic E-state index is 12.7. The van der Waals surface area contributed by atoms with Crippen LogP contribution in [-0.2, 0) is 16.2 Å². The number of rotatable bonds is 7. The smallest absolute Gasteiger partial charge is 0.254 e. The maximum Gasteiger partial charge on any atom is 0.254 e. The molecule has 1 fully saturated rings. The highest BCUT2D eigenvalue weighted by Crippen LogP contribution is 2.28. The van der Waals surface area contributed by atoms with Crippen molar-refractivity contribution in [3.63, 3.8) is 0 Å². The Hall–Kier alpha value is -4.17. The number of nitrogens with one attached hydrogen (secondary N) is 1. The lowest BCUT2D eigenvalue weighted by Gasteiger charge is -2.17. The Morgan fingerprint density at radius 3 is 2.63 bits per heavy atom. The zero-order chi connectivity index (χ0) is 24.2. The van der Waals surface area contributed by atoms with Gasteiger partial charge in [0.25, 0.3) is 5.89 Å². The number of hydrogen-bond donors (Lipinski definition) is 1. The first-order valence-electron chi connectivity index (χ1n) is 11.0. The molecule has 0 spiro atoms. The van der Waals surface area contributed by atoms with Crippen molar-refractivity contribution in [2.75, 3.05) is 16.8 Å². The second-order valence-corrected chi connectivity index (χ2v) is 8.49. The zero-order valence-corrected chi connectivity index (χ0v) is 19.3. The van der Waals surface area contributed by atoms with E-state index in [0.717, 1.165) is 5.56 Å². The molecule has 5 rings (SSSR count). The van der Waals surface area contributed by atoms with Gasteiger partial charge in [0.15, 0.2) is 6.61 Å². The quantitative estimate of drug-likeness (QED) is 0.395. The lowest BCUT2D eigenvalue weighted by molar-refractivity contribution is -0.122. The van der Waals surface area contributed by atoms with Gasteiger partial charge < -0.3 is 19.4 Å². The Morgan fingerprint density at radius 2 is 1.86 bits per heavy atom. The highest BCUT2D eigenvalue weighted by molar-refractivity contribution is 6.31. The molecule has 4 aromatic rings. The molecule has 0 bridgehead atoms. The minimum atomic E-state index is -0.450. The Balaban J connectivity index is 1.14. The van der Waals surface area contributed by atoms with Gasteiger partial charge in [0.2, 0.25) is 17.7 Å². The number of amides is 2. The minimum absolute atomic E-state index is 0.104. The molecule has 1 aliphatic rings. The fourth-order valence-electron chi connectivity index (χ4n) is 3.81. The van der Waals surface area contributed by atoms with E-state index in [1.807, 2.05) is 30.3 Å². The molecule has 0 unspecified atom stereocenters. The predicted octanol–water partition coefficient (Wildman–Crippen LogP) is 4.96. The third kappa shape index (κ3) is 5.33. The van der Waals surface area contributed by atoms with Crippen LogP contribution in [0.3, 0.4) is 0 Å². The van der Waals surface area contributed by atoms with Crippen molar-refractivity contribution >= 4 is 34.8 Å². The average Bonchev–Trinajstić information content (AvgIpc) is 3.51. The summed E-state index contributed by atoms with van der Waals surface area (Å²) in [5.41, 5.74) is 2.14. The van der Waals surface area contributed by atoms with Crippen LogP contribution in [-0.4, -0.2) is 28.6 Å². The molecule has 8 nitrogen and oxygen atoms in total. The number of aromatic nitrogens is 2. The van der Waals surface area contributed by atoms with E-state index in [4.69, 9.17) is 20.8 Å². The Kier molecular flexibility index (Phi) is 6.45. The van der Waals surface area contributed by atoms with Crippen LogP contribution in [0.4, 0.5) is 11.4 Å². The number of anilines is 2. The number of halogens is 1. The van der Waals surface area contributed by atoms with Crippen molar-refractivity contribution in [2.24, 2.45) is 5.92 Å². The van der Waals surface area contributed by atoms with E-state index in [-0.39, 0.29) is 24.8 Å². The van der Waals surface area contributed by atoms with Gasteiger partial charge in [-0.3, -0.25) is 9.59 Å². The van der Waals surface area contributed by atoms with Crippen LogP contribution in [0.15, 0.2) is 83.3 Å². The molecule has 0 aliphatic carbocycles. The number of hydrogen-bond acceptors (Lipinski definition) is 6. The number of carbonyl (C=O) groups is 2. The molecule has 3 aromatic carbocycles. The van der Waals surface area contributed by atoms with E-state index in [9.17, 15) is 9.59 Å². The first-order valence-corrected chi connectivity index (χ1v) is 11.4. The zero-order valence-electron chi connectivity index (χ0n) is 18.6. The first kappa shape index (κ1) is 22.6. The molecule has 1 atom stereocenters. The van der Waals surface area contributed by atoms with E-state index in [0.29, 0.717) is 40.5 Å². The van der Waals surface area contributed by atoms with Gasteiger partial charge in [-0.2, -0.15) is 0 Å². The minimum Gasteiger partial charge on any atom is -0.484 e. The van der Waals surface area contributed by atoms with Crippen LogP contribution >= 0.6 is 11.6 Å². The predicted molar refractivity (Wildman–Crippen MR) is 131 cm³/mol. The van der Waals surface area contributed by atoms with Gasteiger partial charge in [0.1, 0.15) is 5.75 Å². The first-order chi connectivity index (χ1) is 17.0. The maximum atomic E-state index is 12.7. The molecule has 1 N–H and O–H groups in total. The molecule has 2 heterocycles. The van der Waals surface area contributed by atoms with Gasteiger partial charge in [-0.15, -0.1) is 10.2 Å². The number of ether oxygens (including phenoxy) is 1. The summed E-state index contributed by atoms with van der Waals surface area (Å²) in [6, 6.07) is 23.5. The highest BCUT2D eigenvalue weighted by atomic mass is 35.5. The molecule has 2 amide bonds. The van der Waals surface area contributed by atoms with Gasteiger partial charge in [-0.1, -0.05) is 35.9 Å². The Labute approximate surface area is 206 Å². The second kappa shape index (κ2) is 9.99. The van der Waals surface area contributed by atoms with Crippen molar-refractivity contribution in [1.29, 1.82) is 0 Å². The van der Waals surface area contributed by atoms with Gasteiger partial charge in [-0.05, 0) is 54.6 Å². The van der Waals surface area contributed by atoms with Gasteiger partial charge in [0.05, 0.1) is 5.92 Å². The number of benzene rings is 3. The molecule has 9 heteroatoms. The third-order valence-corrected chi connectivity index (χ3v) is 5.82. The van der Waals surface area contributed by atoms with Crippen LogP contribution in [0.25, 0.3) is 11.5 Å². The molecule has 1 saturated heterocycles. The summed E-state index contributed by atoms with van der Waals surface area (Å²) < 4.78 is 11.4. The molecule has 1 aliphatic heterocycles. The summed E-state index contributed by atoms with van der Waals surface area (Å²) in [5, 5.41) is 11.5.